The van der Waals surface area contributed by atoms with Gasteiger partial charge >= 0.3 is 29.6 Å². The maximum Gasteiger partial charge on any atom is 1.00 e. The molecule has 16 nitrogen and oxygen atoms in total. The molecule has 0 fully saturated rings. The van der Waals surface area contributed by atoms with Gasteiger partial charge in [0.25, 0.3) is 0 Å². The number of hydrogen-bond donors (Lipinski definition) is 1. The number of fused-ring (bicyclic) bond motifs is 2. The molecule has 62 heavy (non-hydrogen) atoms. The second kappa shape index (κ2) is 20.8. The molecule has 8 aromatic rings. The van der Waals surface area contributed by atoms with Crippen LogP contribution in [0.5, 0.6) is 11.8 Å². The zero-order valence-electron chi connectivity index (χ0n) is 38.5. The SMILES string of the molecule is CCOc1ncccc1-c1cc(N=Cc2cn(C)cn2)c2c(C(C)C)nc(C)n2n1.CCOc1ncccc1-c1cc(NCc2cn(C)cn2)c2c(C(C)C)nc(C)n2n1.[B].[H-].[Na+]. The Hall–Kier alpha value is -5.91. The van der Waals surface area contributed by atoms with E-state index in [0.29, 0.717) is 31.5 Å². The molecule has 0 aromatic carbocycles. The molecule has 0 spiro atoms. The first-order chi connectivity index (χ1) is 28.9. The number of aliphatic imine (C=N–C) groups is 1. The number of aryl methyl sites for hydroxylation is 4. The predicted molar refractivity (Wildman–Crippen MR) is 240 cm³/mol. The summed E-state index contributed by atoms with van der Waals surface area (Å²) >= 11 is 0. The minimum atomic E-state index is 0. The summed E-state index contributed by atoms with van der Waals surface area (Å²) in [4.78, 5) is 31.9. The molecule has 8 heterocycles. The fourth-order valence-electron chi connectivity index (χ4n) is 6.86. The number of nitrogens with one attached hydrogen (secondary N) is 1. The van der Waals surface area contributed by atoms with Crippen molar-refractivity contribution in [3.05, 3.63) is 108 Å². The van der Waals surface area contributed by atoms with E-state index in [1.807, 2.05) is 109 Å². The van der Waals surface area contributed by atoms with Crippen molar-refractivity contribution >= 4 is 37.0 Å². The first-order valence-corrected chi connectivity index (χ1v) is 20.1. The molecule has 18 heteroatoms. The van der Waals surface area contributed by atoms with Gasteiger partial charge in [0, 0.05) is 47.3 Å². The zero-order valence-corrected chi connectivity index (χ0v) is 39.5. The van der Waals surface area contributed by atoms with E-state index in [1.54, 1.807) is 31.3 Å². The molecular formula is C44H53BN14NaO2. The molecule has 0 bridgehead atoms. The summed E-state index contributed by atoms with van der Waals surface area (Å²) < 4.78 is 19.1. The molecule has 0 saturated heterocycles. The molecule has 0 aliphatic heterocycles. The molecule has 3 radical (unpaired) electrons. The smallest absolute Gasteiger partial charge is 1.00 e. The van der Waals surface area contributed by atoms with E-state index in [4.69, 9.17) is 34.6 Å². The summed E-state index contributed by atoms with van der Waals surface area (Å²) in [5.41, 5.74) is 10.5. The number of anilines is 1. The number of pyridine rings is 2. The Morgan fingerprint density at radius 3 is 1.79 bits per heavy atom. The van der Waals surface area contributed by atoms with E-state index in [1.165, 1.54) is 0 Å². The van der Waals surface area contributed by atoms with E-state index in [0.717, 1.165) is 79.3 Å². The molecule has 0 aliphatic carbocycles. The number of aromatic nitrogens is 12. The van der Waals surface area contributed by atoms with Gasteiger partial charge in [-0.05, 0) is 75.9 Å². The van der Waals surface area contributed by atoms with Gasteiger partial charge < -0.3 is 25.4 Å². The zero-order chi connectivity index (χ0) is 42.5. The van der Waals surface area contributed by atoms with E-state index in [-0.39, 0.29) is 51.2 Å². The van der Waals surface area contributed by atoms with Crippen molar-refractivity contribution in [1.82, 2.24) is 58.3 Å². The van der Waals surface area contributed by atoms with E-state index >= 15 is 0 Å². The molecule has 8 rings (SSSR count). The Kier molecular flexibility index (Phi) is 15.8. The summed E-state index contributed by atoms with van der Waals surface area (Å²) in [7, 11) is 3.90. The van der Waals surface area contributed by atoms with Gasteiger partial charge in [-0.1, -0.05) is 27.7 Å². The van der Waals surface area contributed by atoms with Gasteiger partial charge in [0.1, 0.15) is 22.7 Å². The Morgan fingerprint density at radius 2 is 1.27 bits per heavy atom. The Balaban J connectivity index is 0.000000264. The summed E-state index contributed by atoms with van der Waals surface area (Å²) in [5.74, 6) is 3.29. The molecule has 8 aromatic heterocycles. The number of imidazole rings is 4. The van der Waals surface area contributed by atoms with Crippen LogP contribution in [-0.4, -0.2) is 86.1 Å². The van der Waals surface area contributed by atoms with Crippen LogP contribution in [0, 0.1) is 13.8 Å². The Morgan fingerprint density at radius 1 is 0.742 bits per heavy atom. The normalized spacial score (nSPS) is 11.2. The fraction of sp³-hybridized carbons (Fsp3) is 0.341. The number of hydrogen-bond acceptors (Lipinski definition) is 12. The van der Waals surface area contributed by atoms with Crippen LogP contribution in [0.1, 0.15) is 89.2 Å². The molecule has 0 amide bonds. The Labute approximate surface area is 387 Å². The number of rotatable bonds is 13. The van der Waals surface area contributed by atoms with E-state index in [9.17, 15) is 0 Å². The van der Waals surface area contributed by atoms with Crippen molar-refractivity contribution in [3.63, 3.8) is 0 Å². The predicted octanol–water partition coefficient (Wildman–Crippen LogP) is 4.81. The van der Waals surface area contributed by atoms with Gasteiger partial charge in [-0.2, -0.15) is 10.2 Å². The van der Waals surface area contributed by atoms with Crippen LogP contribution >= 0.6 is 0 Å². The molecule has 0 unspecified atom stereocenters. The van der Waals surface area contributed by atoms with Crippen molar-refractivity contribution in [3.8, 4) is 34.3 Å². The molecule has 0 saturated carbocycles. The average molecular weight is 844 g/mol. The summed E-state index contributed by atoms with van der Waals surface area (Å²) in [6.07, 6.45) is 12.7. The van der Waals surface area contributed by atoms with Crippen molar-refractivity contribution in [1.29, 1.82) is 0 Å². The van der Waals surface area contributed by atoms with Crippen LogP contribution in [0.3, 0.4) is 0 Å². The van der Waals surface area contributed by atoms with Gasteiger partial charge in [0.2, 0.25) is 11.8 Å². The van der Waals surface area contributed by atoms with Crippen molar-refractivity contribution < 1.29 is 40.5 Å². The molecule has 315 valence electrons. The molecule has 0 atom stereocenters. The van der Waals surface area contributed by atoms with Gasteiger partial charge in [-0.25, -0.2) is 38.9 Å². The third-order valence-electron chi connectivity index (χ3n) is 9.58. The standard InChI is InChI=1S/C22H27N7O.C22H25N7O.B.Na.H/c2*1-6-30-22-17(8-7-9-23-22)18-10-19(24-11-16-12-28(5)13-25-16)21-20(14(2)3)26-15(4)29(21)27-18;;;/h7-10,12-14,24H,6,11H2,1-5H3;7-14H,6H2,1-5H3;;;/q;;;+1;-1. The van der Waals surface area contributed by atoms with Crippen LogP contribution in [0.2, 0.25) is 0 Å². The van der Waals surface area contributed by atoms with Gasteiger partial charge in [0.05, 0.1) is 95.3 Å². The maximum absolute atomic E-state index is 5.74. The van der Waals surface area contributed by atoms with Crippen LogP contribution in [0.4, 0.5) is 11.4 Å². The second-order valence-corrected chi connectivity index (χ2v) is 15.0. The van der Waals surface area contributed by atoms with Crippen molar-refractivity contribution in [2.75, 3.05) is 18.5 Å². The minimum Gasteiger partial charge on any atom is -1.00 e. The molecule has 0 aliphatic rings. The quantitative estimate of drug-likeness (QED) is 0.125. The summed E-state index contributed by atoms with van der Waals surface area (Å²) in [5, 5.41) is 13.3. The van der Waals surface area contributed by atoms with Gasteiger partial charge in [0.15, 0.2) is 0 Å². The van der Waals surface area contributed by atoms with Gasteiger partial charge in [-0.3, -0.25) is 4.99 Å². The Bertz CT molecular complexity index is 2790. The largest absolute Gasteiger partial charge is 1.00 e. The van der Waals surface area contributed by atoms with Gasteiger partial charge in [-0.15, -0.1) is 0 Å². The van der Waals surface area contributed by atoms with Crippen LogP contribution in [-0.2, 0) is 20.6 Å². The topological polar surface area (TPSA) is 165 Å². The van der Waals surface area contributed by atoms with Crippen LogP contribution in [0.15, 0.2) is 78.8 Å². The third kappa shape index (κ3) is 10.2. The number of ether oxygens (including phenoxy) is 2. The molecule has 1 N–H and O–H groups in total. The monoisotopic (exact) mass is 843 g/mol. The summed E-state index contributed by atoms with van der Waals surface area (Å²) in [6, 6.07) is 11.7. The second-order valence-electron chi connectivity index (χ2n) is 15.0. The van der Waals surface area contributed by atoms with Crippen molar-refractivity contribution in [2.45, 2.75) is 73.8 Å². The number of nitrogens with zero attached hydrogens (tertiary/aromatic N) is 13. The minimum absolute atomic E-state index is 0. The van der Waals surface area contributed by atoms with E-state index in [2.05, 4.69) is 52.9 Å². The van der Waals surface area contributed by atoms with E-state index < -0.39 is 0 Å². The molecular weight excluding hydrogens is 790 g/mol. The third-order valence-corrected chi connectivity index (χ3v) is 9.58. The first kappa shape index (κ1) is 47.1. The van der Waals surface area contributed by atoms with Crippen LogP contribution in [0.25, 0.3) is 33.5 Å². The summed E-state index contributed by atoms with van der Waals surface area (Å²) in [6.45, 7) is 18.0. The maximum atomic E-state index is 5.74. The van der Waals surface area contributed by atoms with Crippen molar-refractivity contribution in [2.24, 2.45) is 19.1 Å². The average Bonchev–Trinajstić information content (AvgIpc) is 4.02. The first-order valence-electron chi connectivity index (χ1n) is 20.1. The fourth-order valence-corrected chi connectivity index (χ4v) is 6.86. The van der Waals surface area contributed by atoms with Crippen LogP contribution < -0.4 is 44.3 Å².